The Kier molecular flexibility index (Phi) is 33.6. The van der Waals surface area contributed by atoms with Crippen molar-refractivity contribution < 1.29 is 90.0 Å². The number of allylic oxidation sites excluding steroid dienone is 6. The molecule has 1 aliphatic heterocycles. The maximum atomic E-state index is 10.0. The van der Waals surface area contributed by atoms with Crippen molar-refractivity contribution in [2.45, 2.75) is 154 Å². The van der Waals surface area contributed by atoms with Gasteiger partial charge in [0.2, 0.25) is 0 Å². The van der Waals surface area contributed by atoms with Gasteiger partial charge in [-0.15, -0.1) is 76.5 Å². The Bertz CT molecular complexity index is 5570. The van der Waals surface area contributed by atoms with Gasteiger partial charge in [-0.1, -0.05) is 246 Å². The fourth-order valence-corrected chi connectivity index (χ4v) is 22.3. The van der Waals surface area contributed by atoms with E-state index in [1.54, 1.807) is 5.19 Å². The molecule has 1 aliphatic rings. The summed E-state index contributed by atoms with van der Waals surface area (Å²) in [5.41, 5.74) is 20.5. The van der Waals surface area contributed by atoms with Crippen LogP contribution in [0, 0.1) is 31.0 Å². The van der Waals surface area contributed by atoms with Gasteiger partial charge in [-0.2, -0.15) is 0 Å². The molecule has 14 rings (SSSR count). The van der Waals surface area contributed by atoms with Crippen LogP contribution >= 0.6 is 0 Å². The third kappa shape index (κ3) is 23.5. The zero-order valence-corrected chi connectivity index (χ0v) is 80.8. The van der Waals surface area contributed by atoms with Gasteiger partial charge in [-0.05, 0) is 163 Å². The predicted molar refractivity (Wildman–Crippen MR) is 480 cm³/mol. The number of aryl methyl sites for hydroxylation is 2. The summed E-state index contributed by atoms with van der Waals surface area (Å²) in [5.74, 6) is 0.429. The fraction of sp³-hybridized carbons (Fsp3) is 0.250. The van der Waals surface area contributed by atoms with E-state index in [4.69, 9.17) is 30.3 Å². The van der Waals surface area contributed by atoms with Crippen LogP contribution in [0.2, 0.25) is 72.0 Å². The van der Waals surface area contributed by atoms with Gasteiger partial charge in [0.25, 0.3) is 0 Å². The number of hydrogen-bond donors (Lipinski definition) is 3. The normalized spacial score (nSPS) is 12.3. The van der Waals surface area contributed by atoms with E-state index in [9.17, 15) is 14.4 Å². The summed E-state index contributed by atoms with van der Waals surface area (Å²) in [7, 11) is -5.95. The Morgan fingerprint density at radius 2 is 0.868 bits per heavy atom. The molecule has 18 heteroatoms. The number of nitrogens with zero attached hydrogens (tertiary/aromatic N) is 5. The summed E-state index contributed by atoms with van der Waals surface area (Å²) in [4.78, 5) is 44.7. The van der Waals surface area contributed by atoms with E-state index in [1.165, 1.54) is 163 Å². The average molecular weight is 2120 g/mol. The minimum absolute atomic E-state index is 0. The van der Waals surface area contributed by atoms with Crippen LogP contribution in [0.15, 0.2) is 242 Å². The molecule has 0 amide bonds. The number of rotatable bonds is 14. The van der Waals surface area contributed by atoms with Crippen LogP contribution in [0.5, 0.6) is 0 Å². The van der Waals surface area contributed by atoms with E-state index in [0.717, 1.165) is 46.7 Å². The third-order valence-corrected chi connectivity index (χ3v) is 29.1. The first-order valence-corrected chi connectivity index (χ1v) is 51.6. The number of carbonyl (C=O) groups is 3. The Hall–Kier alpha value is -8.74. The number of aliphatic hydroxyl groups is 3. The molecule has 13 aromatic rings. The van der Waals surface area contributed by atoms with Crippen LogP contribution in [0.4, 0.5) is 0 Å². The molecule has 114 heavy (non-hydrogen) atoms. The monoisotopic (exact) mass is 2120 g/mol. The average Bonchev–Trinajstić information content (AvgIpc) is 1.58. The maximum Gasteiger partial charge on any atom is 0.155 e. The zero-order valence-electron chi connectivity index (χ0n) is 69.7. The summed E-state index contributed by atoms with van der Waals surface area (Å²) >= 11 is 0. The molecule has 8 aromatic carbocycles. The topological polar surface area (TPSA) is 160 Å². The molecule has 0 saturated heterocycles. The molecular weight excluding hydrogens is 2010 g/mol. The Balaban J connectivity index is 0.000000234. The molecule has 0 spiro atoms. The molecule has 3 radical (unpaired) electrons. The van der Waals surface area contributed by atoms with Crippen LogP contribution in [0.25, 0.3) is 105 Å². The molecule has 5 aromatic heterocycles. The van der Waals surface area contributed by atoms with E-state index < -0.39 is 32.3 Å². The standard InChI is InChI=1S/C30H31N2Si.C28H27N2Si.C23H26NSi2.3C5H8O2.3Ir/c1-21(2)17-23-19-27(31-20-30(23)33(3,4)5)22-15-16-29-26(18-22)25-13-9-10-14-28(25)32(29)24-11-7-6-8-12-24;1-5-30-26-14-10-9-13-22(26)24-17-21(15-16-27(24)30)25-18-23(20-11-7-6-8-12-20)28(19-29-25)31(2,3)4;1-16-13-20(24-15-23(16)25(2,3)4)17-11-12-22-19(14-17)18-9-7-8-10-21(18)26(22,5)6;3*1-4(6)3-5(2)7;;;/h6-14,16,18-21H,17H2,1-5H3;6-14,16-19H,5H2,1-4H3;7-10,12-15H,1-6H3;3*3,6H,1-2H3;;;/q3*-1;;;;;;. The number of carbonyl (C=O) groups excluding carboxylic acids is 3. The zero-order chi connectivity index (χ0) is 81.0. The number of benzene rings is 8. The van der Waals surface area contributed by atoms with Gasteiger partial charge in [0, 0.05) is 120 Å². The Morgan fingerprint density at radius 1 is 0.447 bits per heavy atom. The first kappa shape index (κ1) is 94.1. The van der Waals surface area contributed by atoms with Gasteiger partial charge in [0.1, 0.15) is 0 Å². The molecule has 599 valence electrons. The van der Waals surface area contributed by atoms with Gasteiger partial charge < -0.3 is 39.4 Å². The molecule has 0 unspecified atom stereocenters. The summed E-state index contributed by atoms with van der Waals surface area (Å²) in [6, 6.07) is 78.3. The summed E-state index contributed by atoms with van der Waals surface area (Å²) in [6.07, 6.45) is 10.9. The smallest absolute Gasteiger partial charge is 0.155 e. The van der Waals surface area contributed by atoms with E-state index in [-0.39, 0.29) is 94.9 Å². The van der Waals surface area contributed by atoms with Crippen LogP contribution in [-0.4, -0.2) is 89.1 Å². The van der Waals surface area contributed by atoms with Crippen molar-refractivity contribution in [3.63, 3.8) is 0 Å². The number of ketones is 3. The summed E-state index contributed by atoms with van der Waals surface area (Å²) in [6.45, 7) is 44.9. The van der Waals surface area contributed by atoms with Gasteiger partial charge in [0.15, 0.2) is 17.3 Å². The molecule has 11 nitrogen and oxygen atoms in total. The molecular formula is C96H108Ir3N5O6Si4-3. The van der Waals surface area contributed by atoms with Crippen molar-refractivity contribution >= 4 is 119 Å². The van der Waals surface area contributed by atoms with E-state index in [2.05, 4.69) is 334 Å². The molecule has 0 bridgehead atoms. The summed E-state index contributed by atoms with van der Waals surface area (Å²) in [5, 5.41) is 37.5. The second-order valence-electron chi connectivity index (χ2n) is 32.7. The molecule has 0 aliphatic carbocycles. The number of pyridine rings is 3. The van der Waals surface area contributed by atoms with Crippen molar-refractivity contribution in [2.24, 2.45) is 5.92 Å². The van der Waals surface area contributed by atoms with Gasteiger partial charge in [0.05, 0.1) is 49.6 Å². The summed E-state index contributed by atoms with van der Waals surface area (Å²) < 4.78 is 4.69. The molecule has 6 heterocycles. The Morgan fingerprint density at radius 3 is 1.36 bits per heavy atom. The number of aromatic nitrogens is 5. The van der Waals surface area contributed by atoms with Crippen LogP contribution in [0.3, 0.4) is 0 Å². The van der Waals surface area contributed by atoms with Crippen molar-refractivity contribution in [1.82, 2.24) is 24.1 Å². The van der Waals surface area contributed by atoms with Crippen LogP contribution in [0.1, 0.15) is 73.4 Å². The second kappa shape index (κ2) is 40.7. The number of aliphatic hydroxyl groups excluding tert-OH is 3. The largest absolute Gasteiger partial charge is 0.512 e. The first-order chi connectivity index (χ1) is 52.4. The Labute approximate surface area is 720 Å². The fourth-order valence-electron chi connectivity index (χ4n) is 14.5. The number of hydrogen-bond acceptors (Lipinski definition) is 9. The van der Waals surface area contributed by atoms with Crippen molar-refractivity contribution in [1.29, 1.82) is 0 Å². The molecule has 0 fully saturated rings. The third-order valence-electron chi connectivity index (χ3n) is 19.4. The molecule has 0 atom stereocenters. The van der Waals surface area contributed by atoms with Crippen molar-refractivity contribution in [3.8, 4) is 61.7 Å². The number of fused-ring (bicyclic) bond motifs is 9. The minimum Gasteiger partial charge on any atom is -0.512 e. The van der Waals surface area contributed by atoms with Crippen molar-refractivity contribution in [3.05, 3.63) is 271 Å². The quantitative estimate of drug-likeness (QED) is 0.0417. The van der Waals surface area contributed by atoms with E-state index in [0.29, 0.717) is 5.92 Å². The molecule has 0 saturated carbocycles. The number of para-hydroxylation sites is 3. The van der Waals surface area contributed by atoms with Crippen molar-refractivity contribution in [2.75, 3.05) is 0 Å². The van der Waals surface area contributed by atoms with Gasteiger partial charge in [-0.3, -0.25) is 14.4 Å². The van der Waals surface area contributed by atoms with Crippen LogP contribution < -0.4 is 25.9 Å². The van der Waals surface area contributed by atoms with Gasteiger partial charge in [-0.25, -0.2) is 0 Å². The maximum absolute atomic E-state index is 10.0. The van der Waals surface area contributed by atoms with E-state index >= 15 is 0 Å². The predicted octanol–water partition coefficient (Wildman–Crippen LogP) is 21.6. The van der Waals surface area contributed by atoms with E-state index in [1.807, 2.05) is 0 Å². The van der Waals surface area contributed by atoms with Gasteiger partial charge >= 0.3 is 0 Å². The second-order valence-corrected chi connectivity index (χ2v) is 52.2. The van der Waals surface area contributed by atoms with Crippen LogP contribution in [-0.2, 0) is 87.7 Å². The first-order valence-electron chi connectivity index (χ1n) is 38.1. The SMILES string of the molecule is CC(=O)C=C(C)O.CC(=O)C=C(C)O.CC(=O)C=C(C)O.CC(C)Cc1cc(-c2[c-]cc3c(c2)c2ccccc2n3-c2ccccc2)ncc1[Si](C)(C)C.CCn1c2c[c-]c(-c3cc(-c4ccccc4)c([Si](C)(C)C)cn3)cc2c2ccccc21.Cc1cc(-c2[c-]cc3c(c2)-c2ccccc2[Si]3(C)C)ncc1[Si](C)(C)C.[Ir].[Ir].[Ir]. The molecule has 3 N–H and O–H groups in total. The minimum atomic E-state index is -1.60.